The smallest absolute Gasteiger partial charge is 0.178 e. The van der Waals surface area contributed by atoms with E-state index < -0.39 is 0 Å². The molecule has 1 heterocycles. The molecule has 3 nitrogen and oxygen atoms in total. The Balaban J connectivity index is 1.89. The first-order chi connectivity index (χ1) is 10.5. The van der Waals surface area contributed by atoms with E-state index in [4.69, 9.17) is 23.8 Å². The zero-order valence-electron chi connectivity index (χ0n) is 12.2. The van der Waals surface area contributed by atoms with Gasteiger partial charge in [0.1, 0.15) is 10.0 Å². The van der Waals surface area contributed by atoms with Gasteiger partial charge in [0.15, 0.2) is 5.78 Å². The predicted octanol–water partition coefficient (Wildman–Crippen LogP) is 4.88. The number of anilines is 1. The summed E-state index contributed by atoms with van der Waals surface area (Å²) in [6.07, 6.45) is 1.70. The predicted molar refractivity (Wildman–Crippen MR) is 97.9 cm³/mol. The number of aromatic nitrogens is 1. The average molecular weight is 351 g/mol. The Labute approximate surface area is 144 Å². The number of hydrogen-bond acceptors (Lipinski definition) is 4. The molecule has 0 atom stereocenters. The highest BCUT2D eigenvalue weighted by molar-refractivity contribution is 8.22. The number of Topliss-reactive ketones (excluding diaryl/α,β-unsaturated/α-hetero) is 1. The lowest BCUT2D eigenvalue weighted by Crippen LogP contribution is -2.05. The first kappa shape index (κ1) is 16.9. The molecule has 0 amide bonds. The fraction of sp³-hybridized carbons (Fsp3) is 0.188. The minimum Gasteiger partial charge on any atom is -0.341 e. The summed E-state index contributed by atoms with van der Waals surface area (Å²) in [5.74, 6) is 0.656. The Morgan fingerprint density at radius 1 is 1.36 bits per heavy atom. The number of halogens is 1. The maximum atomic E-state index is 11.2. The van der Waals surface area contributed by atoms with Crippen LogP contribution in [0.1, 0.15) is 28.5 Å². The Morgan fingerprint density at radius 2 is 2.14 bits per heavy atom. The number of aryl methyl sites for hydroxylation is 1. The SMILES string of the molecule is CC(=O)c1ccc(CSC(=S)Nc2ccc(C)c(Cl)c2)cn1. The van der Waals surface area contributed by atoms with E-state index in [2.05, 4.69) is 10.3 Å². The molecule has 1 aromatic carbocycles. The van der Waals surface area contributed by atoms with Gasteiger partial charge in [-0.3, -0.25) is 9.78 Å². The zero-order chi connectivity index (χ0) is 16.1. The monoisotopic (exact) mass is 350 g/mol. The van der Waals surface area contributed by atoms with Crippen LogP contribution in [0.15, 0.2) is 36.5 Å². The number of pyridine rings is 1. The van der Waals surface area contributed by atoms with Gasteiger partial charge in [-0.05, 0) is 36.2 Å². The van der Waals surface area contributed by atoms with Gasteiger partial charge >= 0.3 is 0 Å². The van der Waals surface area contributed by atoms with Gasteiger partial charge in [0.25, 0.3) is 0 Å². The van der Waals surface area contributed by atoms with Crippen LogP contribution in [0.5, 0.6) is 0 Å². The van der Waals surface area contributed by atoms with Crippen LogP contribution in [0, 0.1) is 6.92 Å². The number of nitrogens with one attached hydrogen (secondary N) is 1. The number of carbonyl (C=O) groups is 1. The molecule has 0 aliphatic heterocycles. The second kappa shape index (κ2) is 7.72. The van der Waals surface area contributed by atoms with Crippen molar-refractivity contribution < 1.29 is 4.79 Å². The van der Waals surface area contributed by atoms with Gasteiger partial charge in [0.2, 0.25) is 0 Å². The quantitative estimate of drug-likeness (QED) is 0.629. The Kier molecular flexibility index (Phi) is 5.94. The summed E-state index contributed by atoms with van der Waals surface area (Å²) in [7, 11) is 0. The molecule has 0 aliphatic carbocycles. The number of ketones is 1. The van der Waals surface area contributed by atoms with Crippen LogP contribution >= 0.6 is 35.6 Å². The van der Waals surface area contributed by atoms with Crippen LogP contribution in [-0.2, 0) is 5.75 Å². The molecule has 0 bridgehead atoms. The molecule has 0 spiro atoms. The first-order valence-electron chi connectivity index (χ1n) is 6.61. The van der Waals surface area contributed by atoms with Crippen LogP contribution in [-0.4, -0.2) is 15.1 Å². The van der Waals surface area contributed by atoms with E-state index >= 15 is 0 Å². The summed E-state index contributed by atoms with van der Waals surface area (Å²) in [4.78, 5) is 15.3. The first-order valence-corrected chi connectivity index (χ1v) is 8.38. The molecule has 2 aromatic rings. The van der Waals surface area contributed by atoms with Crippen LogP contribution in [0.2, 0.25) is 5.02 Å². The molecule has 0 fully saturated rings. The molecular formula is C16H15ClN2OS2. The molecule has 1 aromatic heterocycles. The Bertz CT molecular complexity index is 702. The molecule has 22 heavy (non-hydrogen) atoms. The summed E-state index contributed by atoms with van der Waals surface area (Å²) in [6, 6.07) is 9.36. The minimum absolute atomic E-state index is 0.0346. The van der Waals surface area contributed by atoms with E-state index in [-0.39, 0.29) is 5.78 Å². The summed E-state index contributed by atoms with van der Waals surface area (Å²) in [5.41, 5.74) is 3.39. The molecule has 6 heteroatoms. The molecule has 0 unspecified atom stereocenters. The van der Waals surface area contributed by atoms with Gasteiger partial charge in [-0.15, -0.1) is 0 Å². The molecule has 0 saturated heterocycles. The third-order valence-electron chi connectivity index (χ3n) is 2.97. The van der Waals surface area contributed by atoms with E-state index in [9.17, 15) is 4.79 Å². The van der Waals surface area contributed by atoms with Gasteiger partial charge in [-0.1, -0.05) is 47.7 Å². The largest absolute Gasteiger partial charge is 0.341 e. The molecule has 2 rings (SSSR count). The van der Waals surface area contributed by atoms with Crippen LogP contribution < -0.4 is 5.32 Å². The second-order valence-electron chi connectivity index (χ2n) is 4.77. The summed E-state index contributed by atoms with van der Waals surface area (Å²) >= 11 is 12.9. The molecule has 0 aliphatic rings. The molecule has 0 saturated carbocycles. The third kappa shape index (κ3) is 4.80. The third-order valence-corrected chi connectivity index (χ3v) is 4.68. The van der Waals surface area contributed by atoms with E-state index in [1.165, 1.54) is 18.7 Å². The van der Waals surface area contributed by atoms with E-state index in [0.717, 1.165) is 16.8 Å². The lowest BCUT2D eigenvalue weighted by molar-refractivity contribution is 0.101. The maximum absolute atomic E-state index is 11.2. The molecule has 114 valence electrons. The van der Waals surface area contributed by atoms with Crippen molar-refractivity contribution in [2.75, 3.05) is 5.32 Å². The van der Waals surface area contributed by atoms with Crippen molar-refractivity contribution in [1.82, 2.24) is 4.98 Å². The zero-order valence-corrected chi connectivity index (χ0v) is 14.6. The summed E-state index contributed by atoms with van der Waals surface area (Å²) in [5, 5.41) is 3.86. The lowest BCUT2D eigenvalue weighted by atomic mass is 10.2. The summed E-state index contributed by atoms with van der Waals surface area (Å²) in [6.45, 7) is 3.46. The number of carbonyl (C=O) groups excluding carboxylic acids is 1. The highest BCUT2D eigenvalue weighted by Gasteiger charge is 2.04. The fourth-order valence-electron chi connectivity index (χ4n) is 1.69. The average Bonchev–Trinajstić information content (AvgIpc) is 2.49. The van der Waals surface area contributed by atoms with Gasteiger partial charge in [-0.25, -0.2) is 0 Å². The van der Waals surface area contributed by atoms with Gasteiger partial charge in [0, 0.05) is 29.6 Å². The number of benzene rings is 1. The Morgan fingerprint density at radius 3 is 2.73 bits per heavy atom. The van der Waals surface area contributed by atoms with Gasteiger partial charge in [-0.2, -0.15) is 0 Å². The number of hydrogen-bond donors (Lipinski definition) is 1. The summed E-state index contributed by atoms with van der Waals surface area (Å²) < 4.78 is 0.663. The minimum atomic E-state index is -0.0346. The van der Waals surface area contributed by atoms with E-state index in [0.29, 0.717) is 20.8 Å². The maximum Gasteiger partial charge on any atom is 0.178 e. The van der Waals surface area contributed by atoms with Crippen molar-refractivity contribution in [2.24, 2.45) is 0 Å². The number of thioether (sulfide) groups is 1. The van der Waals surface area contributed by atoms with E-state index in [1.54, 1.807) is 12.3 Å². The highest BCUT2D eigenvalue weighted by Crippen LogP contribution is 2.22. The normalized spacial score (nSPS) is 10.3. The topological polar surface area (TPSA) is 42.0 Å². The second-order valence-corrected chi connectivity index (χ2v) is 6.83. The molecule has 1 N–H and O–H groups in total. The van der Waals surface area contributed by atoms with Crippen molar-refractivity contribution in [3.63, 3.8) is 0 Å². The van der Waals surface area contributed by atoms with Crippen molar-refractivity contribution in [3.8, 4) is 0 Å². The highest BCUT2D eigenvalue weighted by atomic mass is 35.5. The van der Waals surface area contributed by atoms with Crippen molar-refractivity contribution in [1.29, 1.82) is 0 Å². The van der Waals surface area contributed by atoms with Gasteiger partial charge in [0.05, 0.1) is 0 Å². The number of nitrogens with zero attached hydrogens (tertiary/aromatic N) is 1. The molecular weight excluding hydrogens is 336 g/mol. The van der Waals surface area contributed by atoms with E-state index in [1.807, 2.05) is 31.2 Å². The molecule has 0 radical (unpaired) electrons. The fourth-order valence-corrected chi connectivity index (χ4v) is 2.83. The van der Waals surface area contributed by atoms with Crippen molar-refractivity contribution in [3.05, 3.63) is 58.4 Å². The standard InChI is InChI=1S/C16H15ClN2OS2/c1-10-3-5-13(7-14(10)17)19-16(21)22-9-12-4-6-15(11(2)20)18-8-12/h3-8H,9H2,1-2H3,(H,19,21). The van der Waals surface area contributed by atoms with Crippen LogP contribution in [0.25, 0.3) is 0 Å². The Hall–Kier alpha value is -1.43. The van der Waals surface area contributed by atoms with Crippen molar-refractivity contribution >= 4 is 51.4 Å². The van der Waals surface area contributed by atoms with Crippen LogP contribution in [0.4, 0.5) is 5.69 Å². The number of thiocarbonyl (C=S) groups is 1. The lowest BCUT2D eigenvalue weighted by Gasteiger charge is -2.09. The number of rotatable bonds is 4. The van der Waals surface area contributed by atoms with Crippen LogP contribution in [0.3, 0.4) is 0 Å². The van der Waals surface area contributed by atoms with Gasteiger partial charge < -0.3 is 5.32 Å². The van der Waals surface area contributed by atoms with Crippen molar-refractivity contribution in [2.45, 2.75) is 19.6 Å².